The Bertz CT molecular complexity index is 877. The summed E-state index contributed by atoms with van der Waals surface area (Å²) >= 11 is 8.22. The van der Waals surface area contributed by atoms with E-state index in [1.807, 2.05) is 30.3 Å². The van der Waals surface area contributed by atoms with Crippen molar-refractivity contribution < 1.29 is 19.1 Å². The minimum absolute atomic E-state index is 0.0629. The van der Waals surface area contributed by atoms with Gasteiger partial charge in [0.25, 0.3) is 5.91 Å². The molecule has 0 saturated carbocycles. The number of thiocarbonyl (C=S) groups is 1. The van der Waals surface area contributed by atoms with E-state index in [9.17, 15) is 14.4 Å². The molecule has 0 aromatic heterocycles. The van der Waals surface area contributed by atoms with Crippen LogP contribution in [0.5, 0.6) is 0 Å². The van der Waals surface area contributed by atoms with Crippen LogP contribution in [-0.4, -0.2) is 29.5 Å². The second-order valence-electron chi connectivity index (χ2n) is 5.89. The van der Waals surface area contributed by atoms with Crippen LogP contribution in [0.3, 0.4) is 0 Å². The Morgan fingerprint density at radius 3 is 2.34 bits per heavy atom. The summed E-state index contributed by atoms with van der Waals surface area (Å²) in [5.74, 6) is -1.34. The molecule has 0 spiro atoms. The molecular formula is C20H20BrN3O4S. The molecule has 152 valence electrons. The molecule has 2 amide bonds. The number of benzene rings is 2. The summed E-state index contributed by atoms with van der Waals surface area (Å²) in [7, 11) is 0. The standard InChI is InChI=1S/C20H20BrN3O4S/c21-16-9-5-4-8-15(16)19(27)23-24-20(29)22-17(25)10-11-18(26)28-13-12-14-6-2-1-3-7-14/h1-9H,10-13H2,(H,23,27)(H2,22,24,25,29). The van der Waals surface area contributed by atoms with E-state index >= 15 is 0 Å². The first-order chi connectivity index (χ1) is 14.0. The van der Waals surface area contributed by atoms with Crippen LogP contribution in [0.2, 0.25) is 0 Å². The highest BCUT2D eigenvalue weighted by atomic mass is 79.9. The van der Waals surface area contributed by atoms with Crippen LogP contribution in [0.25, 0.3) is 0 Å². The second-order valence-corrected chi connectivity index (χ2v) is 7.15. The fourth-order valence-corrected chi connectivity index (χ4v) is 2.89. The molecular weight excluding hydrogens is 458 g/mol. The van der Waals surface area contributed by atoms with Gasteiger partial charge in [0.15, 0.2) is 5.11 Å². The van der Waals surface area contributed by atoms with Gasteiger partial charge in [-0.15, -0.1) is 0 Å². The third-order valence-corrected chi connectivity index (χ3v) is 4.61. The van der Waals surface area contributed by atoms with Gasteiger partial charge >= 0.3 is 5.97 Å². The predicted octanol–water partition coefficient (Wildman–Crippen LogP) is 2.65. The molecule has 0 radical (unpaired) electrons. The summed E-state index contributed by atoms with van der Waals surface area (Å²) in [4.78, 5) is 35.6. The number of esters is 1. The zero-order chi connectivity index (χ0) is 21.1. The molecule has 0 aliphatic heterocycles. The van der Waals surface area contributed by atoms with E-state index in [1.54, 1.807) is 24.3 Å². The predicted molar refractivity (Wildman–Crippen MR) is 116 cm³/mol. The molecule has 0 atom stereocenters. The lowest BCUT2D eigenvalue weighted by molar-refractivity contribution is -0.144. The van der Waals surface area contributed by atoms with Crippen LogP contribution in [-0.2, 0) is 20.7 Å². The SMILES string of the molecule is O=C(CCC(=O)OCCc1ccccc1)NC(=S)NNC(=O)c1ccccc1Br. The highest BCUT2D eigenvalue weighted by molar-refractivity contribution is 9.10. The molecule has 0 bridgehead atoms. The summed E-state index contributed by atoms with van der Waals surface area (Å²) in [5.41, 5.74) is 6.31. The summed E-state index contributed by atoms with van der Waals surface area (Å²) in [5, 5.41) is 2.31. The Morgan fingerprint density at radius 1 is 0.931 bits per heavy atom. The molecule has 0 saturated heterocycles. The third kappa shape index (κ3) is 8.41. The Balaban J connectivity index is 1.61. The van der Waals surface area contributed by atoms with Crippen molar-refractivity contribution in [2.45, 2.75) is 19.3 Å². The lowest BCUT2D eigenvalue weighted by Crippen LogP contribution is -2.48. The number of hydrogen-bond donors (Lipinski definition) is 3. The number of amides is 2. The largest absolute Gasteiger partial charge is 0.465 e. The Kier molecular flexibility index (Phi) is 9.26. The van der Waals surface area contributed by atoms with Crippen molar-refractivity contribution in [1.29, 1.82) is 0 Å². The average molecular weight is 478 g/mol. The van der Waals surface area contributed by atoms with Gasteiger partial charge in [-0.1, -0.05) is 42.5 Å². The lowest BCUT2D eigenvalue weighted by atomic mass is 10.2. The number of hydrogen-bond acceptors (Lipinski definition) is 5. The van der Waals surface area contributed by atoms with Crippen LogP contribution in [0.15, 0.2) is 59.1 Å². The van der Waals surface area contributed by atoms with Crippen LogP contribution < -0.4 is 16.2 Å². The quantitative estimate of drug-likeness (QED) is 0.322. The first-order valence-corrected chi connectivity index (χ1v) is 10.00. The molecule has 3 N–H and O–H groups in total. The van der Waals surface area contributed by atoms with Crippen molar-refractivity contribution >= 4 is 51.0 Å². The molecule has 0 aliphatic rings. The number of ether oxygens (including phenoxy) is 1. The number of halogens is 1. The summed E-state index contributed by atoms with van der Waals surface area (Å²) < 4.78 is 5.74. The monoisotopic (exact) mass is 477 g/mol. The normalized spacial score (nSPS) is 9.97. The molecule has 2 rings (SSSR count). The maximum atomic E-state index is 12.0. The number of carbonyl (C=O) groups excluding carboxylic acids is 3. The average Bonchev–Trinajstić information content (AvgIpc) is 2.71. The van der Waals surface area contributed by atoms with Gasteiger partial charge in [0.2, 0.25) is 5.91 Å². The van der Waals surface area contributed by atoms with Crippen LogP contribution in [0, 0.1) is 0 Å². The molecule has 0 aliphatic carbocycles. The summed E-state index contributed by atoms with van der Waals surface area (Å²) in [6.07, 6.45) is 0.473. The van der Waals surface area contributed by atoms with Gasteiger partial charge in [-0.3, -0.25) is 25.2 Å². The van der Waals surface area contributed by atoms with Gasteiger partial charge in [-0.05, 0) is 45.8 Å². The summed E-state index contributed by atoms with van der Waals surface area (Å²) in [6.45, 7) is 0.255. The number of hydrazine groups is 1. The van der Waals surface area contributed by atoms with Crippen molar-refractivity contribution in [3.8, 4) is 0 Å². The fourth-order valence-electron chi connectivity index (χ4n) is 2.26. The zero-order valence-corrected chi connectivity index (χ0v) is 17.8. The van der Waals surface area contributed by atoms with Gasteiger partial charge < -0.3 is 10.1 Å². The zero-order valence-electron chi connectivity index (χ0n) is 15.4. The van der Waals surface area contributed by atoms with E-state index in [0.29, 0.717) is 16.5 Å². The molecule has 2 aromatic carbocycles. The number of carbonyl (C=O) groups is 3. The minimum atomic E-state index is -0.461. The molecule has 0 unspecified atom stereocenters. The van der Waals surface area contributed by atoms with Gasteiger partial charge in [-0.25, -0.2) is 0 Å². The lowest BCUT2D eigenvalue weighted by Gasteiger charge is -2.11. The van der Waals surface area contributed by atoms with Crippen molar-refractivity contribution in [3.05, 3.63) is 70.2 Å². The highest BCUT2D eigenvalue weighted by Crippen LogP contribution is 2.15. The van der Waals surface area contributed by atoms with Crippen LogP contribution >= 0.6 is 28.1 Å². The maximum Gasteiger partial charge on any atom is 0.306 e. The van der Waals surface area contributed by atoms with Crippen LogP contribution in [0.4, 0.5) is 0 Å². The van der Waals surface area contributed by atoms with Crippen molar-refractivity contribution in [2.24, 2.45) is 0 Å². The first kappa shape index (κ1) is 22.5. The van der Waals surface area contributed by atoms with Crippen LogP contribution in [0.1, 0.15) is 28.8 Å². The van der Waals surface area contributed by atoms with Crippen molar-refractivity contribution in [3.63, 3.8) is 0 Å². The molecule has 0 heterocycles. The topological polar surface area (TPSA) is 96.5 Å². The van der Waals surface area contributed by atoms with E-state index in [1.165, 1.54) is 0 Å². The smallest absolute Gasteiger partial charge is 0.306 e. The van der Waals surface area contributed by atoms with Gasteiger partial charge in [-0.2, -0.15) is 0 Å². The fraction of sp³-hybridized carbons (Fsp3) is 0.200. The van der Waals surface area contributed by atoms with E-state index < -0.39 is 17.8 Å². The third-order valence-electron chi connectivity index (χ3n) is 3.71. The molecule has 0 fully saturated rings. The molecule has 29 heavy (non-hydrogen) atoms. The first-order valence-electron chi connectivity index (χ1n) is 8.80. The number of rotatable bonds is 7. The maximum absolute atomic E-state index is 12.0. The van der Waals surface area contributed by atoms with E-state index in [0.717, 1.165) is 5.56 Å². The Labute approximate surface area is 182 Å². The van der Waals surface area contributed by atoms with Gasteiger partial charge in [0, 0.05) is 17.3 Å². The van der Waals surface area contributed by atoms with Gasteiger partial charge in [0.1, 0.15) is 0 Å². The highest BCUT2D eigenvalue weighted by Gasteiger charge is 2.12. The molecule has 2 aromatic rings. The minimum Gasteiger partial charge on any atom is -0.465 e. The Hall–Kier alpha value is -2.78. The van der Waals surface area contributed by atoms with Gasteiger partial charge in [0.05, 0.1) is 18.6 Å². The molecule has 9 heteroatoms. The Morgan fingerprint density at radius 2 is 1.62 bits per heavy atom. The second kappa shape index (κ2) is 11.9. The van der Waals surface area contributed by atoms with Crippen molar-refractivity contribution in [1.82, 2.24) is 16.2 Å². The summed E-state index contributed by atoms with van der Waals surface area (Å²) in [6, 6.07) is 16.5. The molecule has 7 nitrogen and oxygen atoms in total. The van der Waals surface area contributed by atoms with Crippen molar-refractivity contribution in [2.75, 3.05) is 6.61 Å². The van der Waals surface area contributed by atoms with E-state index in [4.69, 9.17) is 17.0 Å². The number of nitrogens with one attached hydrogen (secondary N) is 3. The van der Waals surface area contributed by atoms with E-state index in [-0.39, 0.29) is 24.6 Å². The van der Waals surface area contributed by atoms with E-state index in [2.05, 4.69) is 32.1 Å².